The first kappa shape index (κ1) is 16.7. The summed E-state index contributed by atoms with van der Waals surface area (Å²) in [6.07, 6.45) is 1.84. The summed E-state index contributed by atoms with van der Waals surface area (Å²) in [4.78, 5) is 24.4. The summed E-state index contributed by atoms with van der Waals surface area (Å²) in [5.74, 6) is -0.961. The van der Waals surface area contributed by atoms with Crippen LogP contribution in [0.5, 0.6) is 0 Å². The number of rotatable bonds is 5. The summed E-state index contributed by atoms with van der Waals surface area (Å²) in [6, 6.07) is 9.51. The molecule has 1 heterocycles. The van der Waals surface area contributed by atoms with Gasteiger partial charge < -0.3 is 10.1 Å². The molecular formula is C17H15ClN2O3S. The van der Waals surface area contributed by atoms with Gasteiger partial charge in [0, 0.05) is 10.1 Å². The normalized spacial score (nSPS) is 16.2. The molecule has 0 unspecified atom stereocenters. The van der Waals surface area contributed by atoms with Crippen molar-refractivity contribution in [2.75, 3.05) is 6.61 Å². The highest BCUT2D eigenvalue weighted by Gasteiger charge is 2.43. The number of fused-ring (bicyclic) bond motifs is 1. The van der Waals surface area contributed by atoms with Gasteiger partial charge in [0.25, 0.3) is 5.91 Å². The van der Waals surface area contributed by atoms with Gasteiger partial charge in [-0.2, -0.15) is 5.26 Å². The molecule has 1 aliphatic rings. The molecule has 0 spiro atoms. The number of esters is 1. The Morgan fingerprint density at radius 3 is 2.79 bits per heavy atom. The minimum atomic E-state index is -0.904. The molecular weight excluding hydrogens is 348 g/mol. The van der Waals surface area contributed by atoms with E-state index in [-0.39, 0.29) is 10.8 Å². The lowest BCUT2D eigenvalue weighted by atomic mass is 9.98. The van der Waals surface area contributed by atoms with E-state index >= 15 is 0 Å². The Morgan fingerprint density at radius 1 is 1.46 bits per heavy atom. The number of ether oxygens (including phenoxy) is 1. The number of nitrogens with zero attached hydrogens (tertiary/aromatic N) is 1. The highest BCUT2D eigenvalue weighted by Crippen LogP contribution is 2.39. The van der Waals surface area contributed by atoms with Crippen LogP contribution in [-0.4, -0.2) is 24.0 Å². The molecule has 1 fully saturated rings. The smallest absolute Gasteiger partial charge is 0.350 e. The van der Waals surface area contributed by atoms with Crippen LogP contribution in [0.3, 0.4) is 0 Å². The van der Waals surface area contributed by atoms with Crippen LogP contribution in [0.4, 0.5) is 0 Å². The topological polar surface area (TPSA) is 79.2 Å². The molecule has 1 aliphatic carbocycles. The van der Waals surface area contributed by atoms with Gasteiger partial charge in [-0.05, 0) is 31.7 Å². The molecule has 1 N–H and O–H groups in total. The van der Waals surface area contributed by atoms with Crippen LogP contribution < -0.4 is 5.32 Å². The molecule has 0 saturated heterocycles. The summed E-state index contributed by atoms with van der Waals surface area (Å²) < 4.78 is 5.94. The largest absolute Gasteiger partial charge is 0.451 e. The van der Waals surface area contributed by atoms with E-state index in [4.69, 9.17) is 16.3 Å². The Kier molecular flexibility index (Phi) is 4.48. The molecule has 0 bridgehead atoms. The van der Waals surface area contributed by atoms with Crippen LogP contribution in [0, 0.1) is 17.2 Å². The summed E-state index contributed by atoms with van der Waals surface area (Å²) in [6.45, 7) is 1.25. The second-order valence-corrected chi connectivity index (χ2v) is 7.38. The van der Waals surface area contributed by atoms with Gasteiger partial charge in [0.2, 0.25) is 0 Å². The minimum Gasteiger partial charge on any atom is -0.451 e. The number of hydrogen-bond acceptors (Lipinski definition) is 5. The van der Waals surface area contributed by atoms with E-state index < -0.39 is 24.0 Å². The number of nitriles is 1. The standard InChI is InChI=1S/C17H15ClN2O3S/c1-17(9-19,10-6-7-10)20-13(21)8-23-16(22)15-14(18)11-4-2-3-5-12(11)24-15/h2-5,10H,6-8H2,1H3,(H,20,21)/t17-/m0/s1. The van der Waals surface area contributed by atoms with Crippen molar-refractivity contribution in [3.63, 3.8) is 0 Å². The van der Waals surface area contributed by atoms with Crippen LogP contribution in [0.2, 0.25) is 5.02 Å². The van der Waals surface area contributed by atoms with E-state index in [9.17, 15) is 14.9 Å². The molecule has 1 saturated carbocycles. The van der Waals surface area contributed by atoms with E-state index in [1.54, 1.807) is 6.92 Å². The molecule has 7 heteroatoms. The molecule has 0 radical (unpaired) electrons. The van der Waals surface area contributed by atoms with Crippen molar-refractivity contribution in [3.05, 3.63) is 34.2 Å². The number of nitrogens with one attached hydrogen (secondary N) is 1. The molecule has 24 heavy (non-hydrogen) atoms. The van der Waals surface area contributed by atoms with Gasteiger partial charge in [-0.1, -0.05) is 29.8 Å². The number of carbonyl (C=O) groups excluding carboxylic acids is 2. The zero-order chi connectivity index (χ0) is 17.3. The maximum Gasteiger partial charge on any atom is 0.350 e. The van der Waals surface area contributed by atoms with Crippen molar-refractivity contribution in [3.8, 4) is 6.07 Å². The van der Waals surface area contributed by atoms with Crippen molar-refractivity contribution >= 4 is 44.9 Å². The highest BCUT2D eigenvalue weighted by atomic mass is 35.5. The van der Waals surface area contributed by atoms with Gasteiger partial charge in [-0.3, -0.25) is 4.79 Å². The quantitative estimate of drug-likeness (QED) is 0.825. The molecule has 0 aliphatic heterocycles. The minimum absolute atomic E-state index is 0.166. The lowest BCUT2D eigenvalue weighted by Gasteiger charge is -2.22. The van der Waals surface area contributed by atoms with Crippen LogP contribution in [0.25, 0.3) is 10.1 Å². The summed E-state index contributed by atoms with van der Waals surface area (Å²) in [5.41, 5.74) is -0.904. The molecule has 3 rings (SSSR count). The lowest BCUT2D eigenvalue weighted by Crippen LogP contribution is -2.48. The van der Waals surface area contributed by atoms with Crippen molar-refractivity contribution in [1.29, 1.82) is 5.26 Å². The zero-order valence-corrected chi connectivity index (χ0v) is 14.5. The first-order valence-corrected chi connectivity index (χ1v) is 8.70. The second kappa shape index (κ2) is 6.42. The van der Waals surface area contributed by atoms with Crippen LogP contribution in [-0.2, 0) is 9.53 Å². The summed E-state index contributed by atoms with van der Waals surface area (Å²) >= 11 is 7.44. The first-order chi connectivity index (χ1) is 11.4. The van der Waals surface area contributed by atoms with Crippen LogP contribution in [0.1, 0.15) is 29.4 Å². The predicted octanol–water partition coefficient (Wildman–Crippen LogP) is 3.52. The number of halogens is 1. The Balaban J connectivity index is 1.63. The van der Waals surface area contributed by atoms with E-state index in [0.29, 0.717) is 5.02 Å². The SMILES string of the molecule is C[C@@](C#N)(NC(=O)COC(=O)c1sc2ccccc2c1Cl)C1CC1. The molecule has 1 aromatic heterocycles. The zero-order valence-electron chi connectivity index (χ0n) is 13.0. The Morgan fingerprint density at radius 2 is 2.17 bits per heavy atom. The van der Waals surface area contributed by atoms with Gasteiger partial charge >= 0.3 is 5.97 Å². The molecule has 1 aromatic carbocycles. The number of amides is 1. The van der Waals surface area contributed by atoms with Crippen LogP contribution >= 0.6 is 22.9 Å². The van der Waals surface area contributed by atoms with E-state index in [0.717, 1.165) is 22.9 Å². The second-order valence-electron chi connectivity index (χ2n) is 5.95. The Hall–Kier alpha value is -2.10. The predicted molar refractivity (Wildman–Crippen MR) is 92.0 cm³/mol. The fraction of sp³-hybridized carbons (Fsp3) is 0.353. The number of hydrogen-bond donors (Lipinski definition) is 1. The first-order valence-electron chi connectivity index (χ1n) is 7.51. The van der Waals surface area contributed by atoms with E-state index in [1.807, 2.05) is 24.3 Å². The number of carbonyl (C=O) groups is 2. The van der Waals surface area contributed by atoms with Gasteiger partial charge in [-0.15, -0.1) is 11.3 Å². The van der Waals surface area contributed by atoms with Gasteiger partial charge in [0.1, 0.15) is 10.4 Å². The molecule has 5 nitrogen and oxygen atoms in total. The molecule has 1 amide bonds. The van der Waals surface area contributed by atoms with E-state index in [1.165, 1.54) is 11.3 Å². The number of thiophene rings is 1. The Bertz CT molecular complexity index is 853. The average Bonchev–Trinajstić information content (AvgIpc) is 3.38. The monoisotopic (exact) mass is 362 g/mol. The highest BCUT2D eigenvalue weighted by molar-refractivity contribution is 7.21. The maximum atomic E-state index is 12.2. The summed E-state index contributed by atoms with van der Waals surface area (Å²) in [7, 11) is 0. The third-order valence-corrected chi connectivity index (χ3v) is 5.74. The van der Waals surface area contributed by atoms with Gasteiger partial charge in [-0.25, -0.2) is 4.79 Å². The van der Waals surface area contributed by atoms with Crippen molar-refractivity contribution in [2.45, 2.75) is 25.3 Å². The van der Waals surface area contributed by atoms with E-state index in [2.05, 4.69) is 11.4 Å². The van der Waals surface area contributed by atoms with Crippen LogP contribution in [0.15, 0.2) is 24.3 Å². The van der Waals surface area contributed by atoms with Gasteiger partial charge in [0.05, 0.1) is 11.1 Å². The van der Waals surface area contributed by atoms with Crippen molar-refractivity contribution in [1.82, 2.24) is 5.32 Å². The third kappa shape index (κ3) is 3.23. The number of benzene rings is 1. The average molecular weight is 363 g/mol. The van der Waals surface area contributed by atoms with Crippen molar-refractivity contribution in [2.24, 2.45) is 5.92 Å². The fourth-order valence-electron chi connectivity index (χ4n) is 2.55. The van der Waals surface area contributed by atoms with Gasteiger partial charge in [0.15, 0.2) is 6.61 Å². The maximum absolute atomic E-state index is 12.2. The molecule has 2 aromatic rings. The Labute approximate surface area is 148 Å². The summed E-state index contributed by atoms with van der Waals surface area (Å²) in [5, 5.41) is 13.0. The lowest BCUT2D eigenvalue weighted by molar-refractivity contribution is -0.125. The van der Waals surface area contributed by atoms with Crippen molar-refractivity contribution < 1.29 is 14.3 Å². The fourth-order valence-corrected chi connectivity index (χ4v) is 3.95. The molecule has 1 atom stereocenters. The molecule has 124 valence electrons. The third-order valence-electron chi connectivity index (χ3n) is 4.08.